The maximum Gasteiger partial charge on any atom is 0.122 e. The summed E-state index contributed by atoms with van der Waals surface area (Å²) in [6.07, 6.45) is 3.67. The highest BCUT2D eigenvalue weighted by Gasteiger charge is 2.01. The largest absolute Gasteiger partial charge is 0.395 e. The Hall–Kier alpha value is -0.870. The van der Waals surface area contributed by atoms with Crippen LogP contribution in [0.2, 0.25) is 0 Å². The number of aromatic nitrogens is 2. The zero-order chi connectivity index (χ0) is 8.97. The summed E-state index contributed by atoms with van der Waals surface area (Å²) in [4.78, 5) is 4.14. The van der Waals surface area contributed by atoms with Crippen molar-refractivity contribution < 1.29 is 5.11 Å². The molecule has 0 aliphatic heterocycles. The molecule has 1 heterocycles. The monoisotopic (exact) mass is 169 g/mol. The first kappa shape index (κ1) is 9.22. The molecule has 1 rings (SSSR count). The quantitative estimate of drug-likeness (QED) is 0.661. The molecule has 0 spiro atoms. The number of aliphatic hydroxyl groups is 1. The van der Waals surface area contributed by atoms with Gasteiger partial charge in [0.1, 0.15) is 5.82 Å². The molecule has 0 radical (unpaired) electrons. The number of nitrogens with one attached hydrogen (secondary N) is 1. The summed E-state index contributed by atoms with van der Waals surface area (Å²) in [5, 5.41) is 11.9. The lowest BCUT2D eigenvalue weighted by molar-refractivity contribution is 0.250. The summed E-state index contributed by atoms with van der Waals surface area (Å²) >= 11 is 0. The van der Waals surface area contributed by atoms with Crippen LogP contribution in [0.15, 0.2) is 12.4 Å². The van der Waals surface area contributed by atoms with Crippen LogP contribution in [0.25, 0.3) is 0 Å². The van der Waals surface area contributed by atoms with Gasteiger partial charge in [0.2, 0.25) is 0 Å². The third-order valence-electron chi connectivity index (χ3n) is 1.80. The highest BCUT2D eigenvalue weighted by atomic mass is 16.3. The Morgan fingerprint density at radius 3 is 3.00 bits per heavy atom. The average Bonchev–Trinajstić information content (AvgIpc) is 2.47. The van der Waals surface area contributed by atoms with Gasteiger partial charge in [0.05, 0.1) is 13.2 Å². The molecule has 0 fully saturated rings. The molecule has 2 N–H and O–H groups in total. The van der Waals surface area contributed by atoms with Gasteiger partial charge < -0.3 is 15.0 Å². The minimum absolute atomic E-state index is 0.127. The predicted molar refractivity (Wildman–Crippen MR) is 46.6 cm³/mol. The Kier molecular flexibility index (Phi) is 3.25. The number of aliphatic hydroxyl groups excluding tert-OH is 1. The fourth-order valence-electron chi connectivity index (χ4n) is 0.897. The van der Waals surface area contributed by atoms with E-state index in [2.05, 4.69) is 10.3 Å². The summed E-state index contributed by atoms with van der Waals surface area (Å²) in [7, 11) is 1.95. The van der Waals surface area contributed by atoms with E-state index >= 15 is 0 Å². The van der Waals surface area contributed by atoms with E-state index in [0.717, 1.165) is 5.82 Å². The van der Waals surface area contributed by atoms with E-state index in [1.807, 2.05) is 24.7 Å². The second-order valence-corrected chi connectivity index (χ2v) is 2.92. The normalized spacial score (nSPS) is 13.2. The number of rotatable bonds is 4. The maximum absolute atomic E-state index is 8.74. The number of imidazole rings is 1. The van der Waals surface area contributed by atoms with Gasteiger partial charge in [0, 0.05) is 25.5 Å². The van der Waals surface area contributed by atoms with E-state index in [4.69, 9.17) is 5.11 Å². The number of hydrogen-bond acceptors (Lipinski definition) is 3. The molecule has 0 saturated heterocycles. The molecular weight excluding hydrogens is 154 g/mol. The third-order valence-corrected chi connectivity index (χ3v) is 1.80. The minimum Gasteiger partial charge on any atom is -0.395 e. The summed E-state index contributed by atoms with van der Waals surface area (Å²) in [5.41, 5.74) is 0. The molecule has 0 amide bonds. The fourth-order valence-corrected chi connectivity index (χ4v) is 0.897. The van der Waals surface area contributed by atoms with E-state index in [-0.39, 0.29) is 12.6 Å². The van der Waals surface area contributed by atoms with Crippen molar-refractivity contribution in [1.82, 2.24) is 14.9 Å². The molecule has 0 aliphatic rings. The van der Waals surface area contributed by atoms with Crippen molar-refractivity contribution in [3.63, 3.8) is 0 Å². The highest BCUT2D eigenvalue weighted by molar-refractivity contribution is 4.90. The Bertz CT molecular complexity index is 234. The van der Waals surface area contributed by atoms with Gasteiger partial charge in [-0.25, -0.2) is 4.98 Å². The van der Waals surface area contributed by atoms with Crippen LogP contribution in [-0.2, 0) is 13.6 Å². The molecule has 0 bridgehead atoms. The topological polar surface area (TPSA) is 50.1 Å². The van der Waals surface area contributed by atoms with E-state index in [0.29, 0.717) is 6.54 Å². The number of nitrogens with zero attached hydrogens (tertiary/aromatic N) is 2. The fraction of sp³-hybridized carbons (Fsp3) is 0.625. The molecule has 0 aromatic carbocycles. The average molecular weight is 169 g/mol. The highest BCUT2D eigenvalue weighted by Crippen LogP contribution is 1.93. The maximum atomic E-state index is 8.74. The van der Waals surface area contributed by atoms with Crippen LogP contribution < -0.4 is 5.32 Å². The molecule has 4 nitrogen and oxygen atoms in total. The van der Waals surface area contributed by atoms with Gasteiger partial charge in [-0.15, -0.1) is 0 Å². The predicted octanol–water partition coefficient (Wildman–Crippen LogP) is -0.110. The van der Waals surface area contributed by atoms with Gasteiger partial charge in [0.15, 0.2) is 0 Å². The van der Waals surface area contributed by atoms with Crippen LogP contribution in [0, 0.1) is 0 Å². The van der Waals surface area contributed by atoms with Crippen LogP contribution >= 0.6 is 0 Å². The van der Waals surface area contributed by atoms with Gasteiger partial charge in [0.25, 0.3) is 0 Å². The van der Waals surface area contributed by atoms with E-state index in [9.17, 15) is 0 Å². The molecule has 12 heavy (non-hydrogen) atoms. The van der Waals surface area contributed by atoms with E-state index < -0.39 is 0 Å². The molecule has 1 atom stereocenters. The first-order valence-corrected chi connectivity index (χ1v) is 4.04. The first-order chi connectivity index (χ1) is 5.74. The van der Waals surface area contributed by atoms with E-state index in [1.165, 1.54) is 0 Å². The van der Waals surface area contributed by atoms with Crippen molar-refractivity contribution in [3.05, 3.63) is 18.2 Å². The summed E-state index contributed by atoms with van der Waals surface area (Å²) in [6, 6.07) is 0.127. The number of hydrogen-bond donors (Lipinski definition) is 2. The molecule has 1 aromatic heterocycles. The van der Waals surface area contributed by atoms with Gasteiger partial charge in [-0.05, 0) is 6.92 Å². The standard InChI is InChI=1S/C8H15N3O/c1-7(6-12)10-5-8-9-3-4-11(8)2/h3-4,7,10,12H,5-6H2,1-2H3/t7-/m1/s1. The molecule has 0 unspecified atom stereocenters. The summed E-state index contributed by atoms with van der Waals surface area (Å²) < 4.78 is 1.96. The SMILES string of the molecule is C[C@H](CO)NCc1nccn1C. The zero-order valence-electron chi connectivity index (χ0n) is 7.49. The summed E-state index contributed by atoms with van der Waals surface area (Å²) in [5.74, 6) is 0.982. The van der Waals surface area contributed by atoms with Gasteiger partial charge in [-0.3, -0.25) is 0 Å². The van der Waals surface area contributed by atoms with Gasteiger partial charge in [-0.1, -0.05) is 0 Å². The molecule has 0 saturated carbocycles. The second kappa shape index (κ2) is 4.23. The Balaban J connectivity index is 2.38. The van der Waals surface area contributed by atoms with Crippen LogP contribution in [0.3, 0.4) is 0 Å². The van der Waals surface area contributed by atoms with Crippen LogP contribution in [-0.4, -0.2) is 27.3 Å². The van der Waals surface area contributed by atoms with Crippen molar-refractivity contribution in [2.75, 3.05) is 6.61 Å². The molecular formula is C8H15N3O. The zero-order valence-corrected chi connectivity index (χ0v) is 7.49. The Labute approximate surface area is 72.2 Å². The smallest absolute Gasteiger partial charge is 0.122 e. The van der Waals surface area contributed by atoms with Gasteiger partial charge in [-0.2, -0.15) is 0 Å². The first-order valence-electron chi connectivity index (χ1n) is 4.04. The lowest BCUT2D eigenvalue weighted by Gasteiger charge is -2.09. The van der Waals surface area contributed by atoms with E-state index in [1.54, 1.807) is 6.20 Å². The van der Waals surface area contributed by atoms with Crippen LogP contribution in [0.1, 0.15) is 12.7 Å². The van der Waals surface area contributed by atoms with Gasteiger partial charge >= 0.3 is 0 Å². The lowest BCUT2D eigenvalue weighted by Crippen LogP contribution is -2.29. The van der Waals surface area contributed by atoms with Crippen molar-refractivity contribution in [3.8, 4) is 0 Å². The van der Waals surface area contributed by atoms with Crippen molar-refractivity contribution >= 4 is 0 Å². The second-order valence-electron chi connectivity index (χ2n) is 2.92. The Morgan fingerprint density at radius 1 is 1.75 bits per heavy atom. The molecule has 4 heteroatoms. The van der Waals surface area contributed by atoms with Crippen LogP contribution in [0.5, 0.6) is 0 Å². The van der Waals surface area contributed by atoms with Crippen LogP contribution in [0.4, 0.5) is 0 Å². The van der Waals surface area contributed by atoms with Crippen molar-refractivity contribution in [2.24, 2.45) is 7.05 Å². The van der Waals surface area contributed by atoms with Crippen molar-refractivity contribution in [1.29, 1.82) is 0 Å². The third kappa shape index (κ3) is 2.32. The molecule has 1 aromatic rings. The van der Waals surface area contributed by atoms with Crippen molar-refractivity contribution in [2.45, 2.75) is 19.5 Å². The molecule has 68 valence electrons. The Morgan fingerprint density at radius 2 is 2.50 bits per heavy atom. The lowest BCUT2D eigenvalue weighted by atomic mass is 10.3. The molecule has 0 aliphatic carbocycles. The summed E-state index contributed by atoms with van der Waals surface area (Å²) in [6.45, 7) is 2.79. The number of aryl methyl sites for hydroxylation is 1. The minimum atomic E-state index is 0.127.